The lowest BCUT2D eigenvalue weighted by Crippen LogP contribution is -2.44. The minimum absolute atomic E-state index is 0.00133. The maximum absolute atomic E-state index is 12.4. The fourth-order valence-corrected chi connectivity index (χ4v) is 3.60. The van der Waals surface area contributed by atoms with E-state index in [1.165, 1.54) is 0 Å². The molecule has 0 radical (unpaired) electrons. The highest BCUT2D eigenvalue weighted by molar-refractivity contribution is 5.77. The molecule has 0 bridgehead atoms. The summed E-state index contributed by atoms with van der Waals surface area (Å²) >= 11 is 0. The first kappa shape index (κ1) is 21.1. The minimum atomic E-state index is -0.129. The standard InChI is InChI=1S/C23H30N2O4/c1-17-12-18(2)14-21(13-17)29-16-23(26)24-15-22(25-8-10-28-11-9-25)19-4-6-20(27-3)7-5-19/h4-7,12-14,22H,8-11,15-16H2,1-3H3,(H,24,26)/t22-/m1/s1. The summed E-state index contributed by atoms with van der Waals surface area (Å²) in [5, 5.41) is 3.03. The predicted octanol–water partition coefficient (Wildman–Crippen LogP) is 2.88. The van der Waals surface area contributed by atoms with Crippen LogP contribution in [0.4, 0.5) is 0 Å². The lowest BCUT2D eigenvalue weighted by Gasteiger charge is -2.35. The van der Waals surface area contributed by atoms with Crippen LogP contribution in [0, 0.1) is 13.8 Å². The third-order valence-electron chi connectivity index (χ3n) is 5.04. The first-order valence-electron chi connectivity index (χ1n) is 9.98. The summed E-state index contributed by atoms with van der Waals surface area (Å²) < 4.78 is 16.4. The molecule has 1 atom stereocenters. The van der Waals surface area contributed by atoms with Gasteiger partial charge in [-0.2, -0.15) is 0 Å². The Balaban J connectivity index is 1.60. The molecule has 1 N–H and O–H groups in total. The second-order valence-corrected chi connectivity index (χ2v) is 7.35. The van der Waals surface area contributed by atoms with Gasteiger partial charge >= 0.3 is 0 Å². The molecule has 0 spiro atoms. The zero-order valence-corrected chi connectivity index (χ0v) is 17.4. The van der Waals surface area contributed by atoms with Crippen molar-refractivity contribution < 1.29 is 19.0 Å². The number of hydrogen-bond acceptors (Lipinski definition) is 5. The Morgan fingerprint density at radius 1 is 1.07 bits per heavy atom. The number of aryl methyl sites for hydroxylation is 2. The molecule has 0 unspecified atom stereocenters. The molecule has 6 nitrogen and oxygen atoms in total. The molecule has 0 aromatic heterocycles. The Kier molecular flexibility index (Phi) is 7.49. The van der Waals surface area contributed by atoms with Gasteiger partial charge in [-0.15, -0.1) is 0 Å². The number of hydrogen-bond donors (Lipinski definition) is 1. The van der Waals surface area contributed by atoms with Crippen LogP contribution < -0.4 is 14.8 Å². The molecule has 1 amide bonds. The SMILES string of the molecule is COc1ccc([C@@H](CNC(=O)COc2cc(C)cc(C)c2)N2CCOCC2)cc1. The number of amides is 1. The number of morpholine rings is 1. The summed E-state index contributed by atoms with van der Waals surface area (Å²) in [6.07, 6.45) is 0. The lowest BCUT2D eigenvalue weighted by atomic mass is 10.0. The van der Waals surface area contributed by atoms with Gasteiger partial charge in [-0.1, -0.05) is 18.2 Å². The second-order valence-electron chi connectivity index (χ2n) is 7.35. The smallest absolute Gasteiger partial charge is 0.258 e. The number of methoxy groups -OCH3 is 1. The quantitative estimate of drug-likeness (QED) is 0.741. The lowest BCUT2D eigenvalue weighted by molar-refractivity contribution is -0.123. The predicted molar refractivity (Wildman–Crippen MR) is 113 cm³/mol. The van der Waals surface area contributed by atoms with E-state index in [9.17, 15) is 4.79 Å². The largest absolute Gasteiger partial charge is 0.497 e. The van der Waals surface area contributed by atoms with Gasteiger partial charge in [0.25, 0.3) is 5.91 Å². The Bertz CT molecular complexity index is 781. The zero-order valence-electron chi connectivity index (χ0n) is 17.4. The molecule has 0 aliphatic carbocycles. The molecule has 2 aromatic carbocycles. The number of benzene rings is 2. The molecule has 1 fully saturated rings. The minimum Gasteiger partial charge on any atom is -0.497 e. The van der Waals surface area contributed by atoms with Crippen molar-refractivity contribution in [2.24, 2.45) is 0 Å². The van der Waals surface area contributed by atoms with Gasteiger partial charge in [0.1, 0.15) is 11.5 Å². The van der Waals surface area contributed by atoms with Crippen molar-refractivity contribution >= 4 is 5.91 Å². The van der Waals surface area contributed by atoms with Crippen LogP contribution in [0.25, 0.3) is 0 Å². The van der Waals surface area contributed by atoms with Crippen LogP contribution in [0.15, 0.2) is 42.5 Å². The summed E-state index contributed by atoms with van der Waals surface area (Å²) in [6, 6.07) is 14.0. The Hall–Kier alpha value is -2.57. The molecule has 6 heteroatoms. The Morgan fingerprint density at radius 2 is 1.72 bits per heavy atom. The topological polar surface area (TPSA) is 60.0 Å². The molecule has 1 aliphatic rings. The van der Waals surface area contributed by atoms with Gasteiger partial charge in [0, 0.05) is 19.6 Å². The van der Waals surface area contributed by atoms with Crippen molar-refractivity contribution in [1.82, 2.24) is 10.2 Å². The molecule has 1 heterocycles. The van der Waals surface area contributed by atoms with Crippen LogP contribution >= 0.6 is 0 Å². The van der Waals surface area contributed by atoms with Crippen molar-refractivity contribution in [2.75, 3.05) is 46.6 Å². The second kappa shape index (κ2) is 10.3. The maximum Gasteiger partial charge on any atom is 0.258 e. The highest BCUT2D eigenvalue weighted by Gasteiger charge is 2.23. The number of nitrogens with zero attached hydrogens (tertiary/aromatic N) is 1. The average Bonchev–Trinajstić information content (AvgIpc) is 2.73. The highest BCUT2D eigenvalue weighted by Crippen LogP contribution is 2.23. The first-order valence-corrected chi connectivity index (χ1v) is 9.98. The molecule has 1 aliphatic heterocycles. The van der Waals surface area contributed by atoms with Crippen LogP contribution in [0.3, 0.4) is 0 Å². The van der Waals surface area contributed by atoms with Crippen LogP contribution in [0.2, 0.25) is 0 Å². The number of carbonyl (C=O) groups excluding carboxylic acids is 1. The molecular weight excluding hydrogens is 368 g/mol. The number of rotatable bonds is 8. The fourth-order valence-electron chi connectivity index (χ4n) is 3.60. The normalized spacial score (nSPS) is 15.6. The summed E-state index contributed by atoms with van der Waals surface area (Å²) in [7, 11) is 1.66. The van der Waals surface area contributed by atoms with Gasteiger partial charge in [-0.25, -0.2) is 0 Å². The van der Waals surface area contributed by atoms with Crippen molar-refractivity contribution in [1.29, 1.82) is 0 Å². The van der Waals surface area contributed by atoms with Crippen molar-refractivity contribution in [3.63, 3.8) is 0 Å². The fraction of sp³-hybridized carbons (Fsp3) is 0.435. The van der Waals surface area contributed by atoms with E-state index in [-0.39, 0.29) is 18.6 Å². The Morgan fingerprint density at radius 3 is 2.34 bits per heavy atom. The number of nitrogens with one attached hydrogen (secondary N) is 1. The summed E-state index contributed by atoms with van der Waals surface area (Å²) in [4.78, 5) is 14.7. The first-order chi connectivity index (χ1) is 14.0. The van der Waals surface area contributed by atoms with Crippen molar-refractivity contribution in [3.8, 4) is 11.5 Å². The zero-order chi connectivity index (χ0) is 20.6. The molecule has 0 saturated carbocycles. The molecule has 29 heavy (non-hydrogen) atoms. The summed E-state index contributed by atoms with van der Waals surface area (Å²) in [6.45, 7) is 7.64. The van der Waals surface area contributed by atoms with Gasteiger partial charge in [0.2, 0.25) is 0 Å². The van der Waals surface area contributed by atoms with Gasteiger partial charge in [-0.3, -0.25) is 9.69 Å². The molecular formula is C23H30N2O4. The summed E-state index contributed by atoms with van der Waals surface area (Å²) in [5.41, 5.74) is 3.38. The van der Waals surface area contributed by atoms with E-state index in [1.807, 2.05) is 38.1 Å². The van der Waals surface area contributed by atoms with Crippen LogP contribution in [0.5, 0.6) is 11.5 Å². The molecule has 156 valence electrons. The van der Waals surface area contributed by atoms with E-state index in [4.69, 9.17) is 14.2 Å². The Labute approximate surface area is 172 Å². The highest BCUT2D eigenvalue weighted by atomic mass is 16.5. The number of carbonyl (C=O) groups is 1. The van der Waals surface area contributed by atoms with E-state index in [0.717, 1.165) is 41.3 Å². The number of ether oxygens (including phenoxy) is 3. The van der Waals surface area contributed by atoms with Crippen LogP contribution in [-0.2, 0) is 9.53 Å². The molecule has 1 saturated heterocycles. The van der Waals surface area contributed by atoms with Gasteiger partial charge in [0.15, 0.2) is 6.61 Å². The van der Waals surface area contributed by atoms with Crippen molar-refractivity contribution in [2.45, 2.75) is 19.9 Å². The van der Waals surface area contributed by atoms with E-state index >= 15 is 0 Å². The third kappa shape index (κ3) is 6.21. The van der Waals surface area contributed by atoms with Crippen LogP contribution in [-0.4, -0.2) is 57.4 Å². The van der Waals surface area contributed by atoms with Gasteiger partial charge in [-0.05, 0) is 54.8 Å². The van der Waals surface area contributed by atoms with E-state index in [0.29, 0.717) is 19.8 Å². The maximum atomic E-state index is 12.4. The van der Waals surface area contributed by atoms with Crippen molar-refractivity contribution in [3.05, 3.63) is 59.2 Å². The monoisotopic (exact) mass is 398 g/mol. The van der Waals surface area contributed by atoms with E-state index < -0.39 is 0 Å². The van der Waals surface area contributed by atoms with E-state index in [1.54, 1.807) is 7.11 Å². The van der Waals surface area contributed by atoms with Crippen LogP contribution in [0.1, 0.15) is 22.7 Å². The van der Waals surface area contributed by atoms with E-state index in [2.05, 4.69) is 28.4 Å². The van der Waals surface area contributed by atoms with Gasteiger partial charge in [0.05, 0.1) is 26.4 Å². The molecule has 3 rings (SSSR count). The average molecular weight is 399 g/mol. The van der Waals surface area contributed by atoms with Gasteiger partial charge < -0.3 is 19.5 Å². The molecule has 2 aromatic rings. The third-order valence-corrected chi connectivity index (χ3v) is 5.04. The summed E-state index contributed by atoms with van der Waals surface area (Å²) in [5.74, 6) is 1.41.